The fourth-order valence-electron chi connectivity index (χ4n) is 2.09. The number of halogens is 3. The molecule has 1 aliphatic heterocycles. The molecule has 1 fully saturated rings. The van der Waals surface area contributed by atoms with Crippen LogP contribution in [0.25, 0.3) is 0 Å². The quantitative estimate of drug-likeness (QED) is 0.886. The number of nitrogens with zero attached hydrogens (tertiary/aromatic N) is 2. The summed E-state index contributed by atoms with van der Waals surface area (Å²) in [5, 5.41) is 9.01. The molecule has 0 radical (unpaired) electrons. The number of rotatable bonds is 2. The molecule has 1 aromatic heterocycles. The first-order valence-electron chi connectivity index (χ1n) is 5.90. The van der Waals surface area contributed by atoms with E-state index in [0.29, 0.717) is 11.7 Å². The van der Waals surface area contributed by atoms with Crippen LogP contribution < -0.4 is 4.90 Å². The molecule has 18 heavy (non-hydrogen) atoms. The van der Waals surface area contributed by atoms with E-state index in [0.717, 1.165) is 38.2 Å². The van der Waals surface area contributed by atoms with Crippen molar-refractivity contribution < 1.29 is 18.3 Å². The summed E-state index contributed by atoms with van der Waals surface area (Å²) in [6.07, 6.45) is -1.78. The van der Waals surface area contributed by atoms with E-state index >= 15 is 0 Å². The summed E-state index contributed by atoms with van der Waals surface area (Å²) in [5.74, 6) is 0.870. The summed E-state index contributed by atoms with van der Waals surface area (Å²) in [4.78, 5) is 5.81. The van der Waals surface area contributed by atoms with Crippen LogP contribution in [0.5, 0.6) is 0 Å². The summed E-state index contributed by atoms with van der Waals surface area (Å²) in [6, 6.07) is 2.46. The van der Waals surface area contributed by atoms with Crippen molar-refractivity contribution in [1.29, 1.82) is 0 Å². The van der Waals surface area contributed by atoms with Crippen LogP contribution in [-0.2, 0) is 6.18 Å². The third-order valence-electron chi connectivity index (χ3n) is 3.27. The van der Waals surface area contributed by atoms with Gasteiger partial charge in [0.2, 0.25) is 0 Å². The Hall–Kier alpha value is -1.30. The van der Waals surface area contributed by atoms with E-state index in [9.17, 15) is 13.2 Å². The van der Waals surface area contributed by atoms with Crippen LogP contribution in [0.2, 0.25) is 0 Å². The zero-order valence-electron chi connectivity index (χ0n) is 9.82. The predicted molar refractivity (Wildman–Crippen MR) is 61.3 cm³/mol. The van der Waals surface area contributed by atoms with Crippen LogP contribution in [-0.4, -0.2) is 29.8 Å². The van der Waals surface area contributed by atoms with Crippen molar-refractivity contribution in [3.05, 3.63) is 23.9 Å². The molecule has 2 heterocycles. The van der Waals surface area contributed by atoms with Crippen LogP contribution in [0.4, 0.5) is 19.0 Å². The maximum Gasteiger partial charge on any atom is 0.417 e. The SMILES string of the molecule is OCC1CCN(c2ccc(C(F)(F)F)cn2)CC1. The summed E-state index contributed by atoms with van der Waals surface area (Å²) >= 11 is 0. The lowest BCUT2D eigenvalue weighted by Gasteiger charge is -2.32. The van der Waals surface area contributed by atoms with Gasteiger partial charge < -0.3 is 10.0 Å². The minimum Gasteiger partial charge on any atom is -0.396 e. The second-order valence-electron chi connectivity index (χ2n) is 4.52. The van der Waals surface area contributed by atoms with Gasteiger partial charge in [0.05, 0.1) is 5.56 Å². The lowest BCUT2D eigenvalue weighted by Crippen LogP contribution is -2.35. The van der Waals surface area contributed by atoms with E-state index in [1.54, 1.807) is 0 Å². The van der Waals surface area contributed by atoms with Crippen LogP contribution in [0, 0.1) is 5.92 Å². The average molecular weight is 260 g/mol. The summed E-state index contributed by atoms with van der Waals surface area (Å²) < 4.78 is 37.1. The Morgan fingerprint density at radius 3 is 2.39 bits per heavy atom. The molecule has 1 aromatic rings. The predicted octanol–water partition coefficient (Wildman–Crippen LogP) is 2.31. The van der Waals surface area contributed by atoms with E-state index in [-0.39, 0.29) is 6.61 Å². The maximum absolute atomic E-state index is 12.4. The van der Waals surface area contributed by atoms with Gasteiger partial charge in [-0.25, -0.2) is 4.98 Å². The number of anilines is 1. The van der Waals surface area contributed by atoms with Crippen molar-refractivity contribution in [3.63, 3.8) is 0 Å². The highest BCUT2D eigenvalue weighted by atomic mass is 19.4. The van der Waals surface area contributed by atoms with Crippen LogP contribution in [0.1, 0.15) is 18.4 Å². The van der Waals surface area contributed by atoms with E-state index in [1.165, 1.54) is 6.07 Å². The second kappa shape index (κ2) is 5.14. The number of pyridine rings is 1. The molecule has 1 N–H and O–H groups in total. The first-order chi connectivity index (χ1) is 8.50. The number of aromatic nitrogens is 1. The Kier molecular flexibility index (Phi) is 3.75. The Labute approximate surface area is 103 Å². The maximum atomic E-state index is 12.4. The van der Waals surface area contributed by atoms with Gasteiger partial charge in [0, 0.05) is 25.9 Å². The number of hydrogen-bond donors (Lipinski definition) is 1. The lowest BCUT2D eigenvalue weighted by atomic mass is 9.98. The second-order valence-corrected chi connectivity index (χ2v) is 4.52. The minimum absolute atomic E-state index is 0.175. The first-order valence-corrected chi connectivity index (χ1v) is 5.90. The molecule has 2 rings (SSSR count). The van der Waals surface area contributed by atoms with Crippen LogP contribution in [0.3, 0.4) is 0 Å². The van der Waals surface area contributed by atoms with Gasteiger partial charge in [-0.2, -0.15) is 13.2 Å². The first kappa shape index (κ1) is 13.1. The van der Waals surface area contributed by atoms with Gasteiger partial charge in [-0.3, -0.25) is 0 Å². The molecule has 6 heteroatoms. The fourth-order valence-corrected chi connectivity index (χ4v) is 2.09. The molecule has 0 bridgehead atoms. The zero-order valence-corrected chi connectivity index (χ0v) is 9.82. The van der Waals surface area contributed by atoms with E-state index < -0.39 is 11.7 Å². The summed E-state index contributed by atoms with van der Waals surface area (Å²) in [6.45, 7) is 1.63. The van der Waals surface area contributed by atoms with Gasteiger partial charge in [-0.05, 0) is 30.9 Å². The largest absolute Gasteiger partial charge is 0.417 e. The topological polar surface area (TPSA) is 36.4 Å². The molecule has 1 saturated heterocycles. The van der Waals surface area contributed by atoms with Gasteiger partial charge in [0.25, 0.3) is 0 Å². The number of hydrogen-bond acceptors (Lipinski definition) is 3. The third-order valence-corrected chi connectivity index (χ3v) is 3.27. The Bertz CT molecular complexity index is 383. The average Bonchev–Trinajstić information content (AvgIpc) is 2.38. The molecule has 0 amide bonds. The van der Waals surface area contributed by atoms with Gasteiger partial charge in [0.1, 0.15) is 5.82 Å². The van der Waals surface area contributed by atoms with E-state index in [1.807, 2.05) is 4.90 Å². The standard InChI is InChI=1S/C12H15F3N2O/c13-12(14,15)10-1-2-11(16-7-10)17-5-3-9(8-18)4-6-17/h1-2,7,9,18H,3-6,8H2. The van der Waals surface area contributed by atoms with Crippen molar-refractivity contribution in [1.82, 2.24) is 4.98 Å². The third kappa shape index (κ3) is 2.93. The van der Waals surface area contributed by atoms with Crippen LogP contribution in [0.15, 0.2) is 18.3 Å². The number of piperidine rings is 1. The molecule has 0 spiro atoms. The highest BCUT2D eigenvalue weighted by Gasteiger charge is 2.31. The lowest BCUT2D eigenvalue weighted by molar-refractivity contribution is -0.137. The fraction of sp³-hybridized carbons (Fsp3) is 0.583. The Morgan fingerprint density at radius 2 is 1.94 bits per heavy atom. The molecule has 1 aliphatic rings. The Morgan fingerprint density at radius 1 is 1.28 bits per heavy atom. The molecule has 0 aliphatic carbocycles. The molecule has 100 valence electrons. The highest BCUT2D eigenvalue weighted by molar-refractivity contribution is 5.40. The zero-order chi connectivity index (χ0) is 13.2. The molecule has 0 unspecified atom stereocenters. The van der Waals surface area contributed by atoms with Gasteiger partial charge in [-0.15, -0.1) is 0 Å². The van der Waals surface area contributed by atoms with Gasteiger partial charge in [0.15, 0.2) is 0 Å². The molecule has 3 nitrogen and oxygen atoms in total. The van der Waals surface area contributed by atoms with Crippen LogP contribution >= 0.6 is 0 Å². The number of alkyl halides is 3. The molecule has 0 atom stereocenters. The van der Waals surface area contributed by atoms with Crippen molar-refractivity contribution in [2.24, 2.45) is 5.92 Å². The minimum atomic E-state index is -4.34. The molecule has 0 saturated carbocycles. The monoisotopic (exact) mass is 260 g/mol. The molecule has 0 aromatic carbocycles. The summed E-state index contributed by atoms with van der Waals surface area (Å²) in [5.41, 5.74) is -0.725. The summed E-state index contributed by atoms with van der Waals surface area (Å²) in [7, 11) is 0. The van der Waals surface area contributed by atoms with Crippen molar-refractivity contribution in [3.8, 4) is 0 Å². The van der Waals surface area contributed by atoms with E-state index in [4.69, 9.17) is 5.11 Å². The van der Waals surface area contributed by atoms with Gasteiger partial charge >= 0.3 is 6.18 Å². The van der Waals surface area contributed by atoms with E-state index in [2.05, 4.69) is 4.98 Å². The normalized spacial score (nSPS) is 18.1. The number of aliphatic hydroxyl groups excluding tert-OH is 1. The molecular formula is C12H15F3N2O. The Balaban J connectivity index is 2.02. The van der Waals surface area contributed by atoms with Crippen molar-refractivity contribution >= 4 is 5.82 Å². The van der Waals surface area contributed by atoms with Gasteiger partial charge in [-0.1, -0.05) is 0 Å². The van der Waals surface area contributed by atoms with Crippen molar-refractivity contribution in [2.45, 2.75) is 19.0 Å². The smallest absolute Gasteiger partial charge is 0.396 e. The molecular weight excluding hydrogens is 245 g/mol. The highest BCUT2D eigenvalue weighted by Crippen LogP contribution is 2.30. The number of aliphatic hydroxyl groups is 1. The van der Waals surface area contributed by atoms with Crippen molar-refractivity contribution in [2.75, 3.05) is 24.6 Å².